The van der Waals surface area contributed by atoms with Gasteiger partial charge in [0.25, 0.3) is 11.8 Å². The van der Waals surface area contributed by atoms with E-state index in [1.54, 1.807) is 68.7 Å². The van der Waals surface area contributed by atoms with Crippen molar-refractivity contribution in [2.75, 3.05) is 24.4 Å². The Kier molecular flexibility index (Phi) is 6.00. The number of benzene rings is 2. The molecule has 0 bridgehead atoms. The molecule has 4 N–H and O–H groups in total. The summed E-state index contributed by atoms with van der Waals surface area (Å²) >= 11 is 0. The van der Waals surface area contributed by atoms with E-state index in [9.17, 15) is 14.7 Å². The molecule has 1 aliphatic heterocycles. The van der Waals surface area contributed by atoms with Crippen molar-refractivity contribution in [1.82, 2.24) is 0 Å². The molecule has 0 saturated heterocycles. The minimum atomic E-state index is -1.76. The van der Waals surface area contributed by atoms with Gasteiger partial charge in [-0.3, -0.25) is 9.59 Å². The first-order chi connectivity index (χ1) is 13.9. The summed E-state index contributed by atoms with van der Waals surface area (Å²) in [4.78, 5) is 25.0. The Morgan fingerprint density at radius 2 is 2.00 bits per heavy atom. The summed E-state index contributed by atoms with van der Waals surface area (Å²) in [6.45, 7) is 1.72. The monoisotopic (exact) mass is 396 g/mol. The number of hydrogen-bond acceptors (Lipinski definition) is 5. The van der Waals surface area contributed by atoms with E-state index in [0.29, 0.717) is 34.7 Å². The predicted molar refractivity (Wildman–Crippen MR) is 110 cm³/mol. The first-order valence-electron chi connectivity index (χ1n) is 9.31. The van der Waals surface area contributed by atoms with E-state index < -0.39 is 17.4 Å². The van der Waals surface area contributed by atoms with Crippen molar-refractivity contribution in [2.24, 2.45) is 5.92 Å². The van der Waals surface area contributed by atoms with Gasteiger partial charge in [-0.25, -0.2) is 0 Å². The second-order valence-corrected chi connectivity index (χ2v) is 6.89. The van der Waals surface area contributed by atoms with Crippen LogP contribution in [0, 0.1) is 5.92 Å². The molecule has 2 atom stereocenters. The average molecular weight is 396 g/mol. The molecule has 3 rings (SSSR count). The molecule has 2 aromatic rings. The Balaban J connectivity index is 1.85. The van der Waals surface area contributed by atoms with E-state index in [1.807, 2.05) is 0 Å². The number of methoxy groups -OCH3 is 1. The summed E-state index contributed by atoms with van der Waals surface area (Å²) < 4.78 is 5.09. The van der Waals surface area contributed by atoms with Gasteiger partial charge in [0.2, 0.25) is 0 Å². The third-order valence-electron chi connectivity index (χ3n) is 5.01. The Morgan fingerprint density at radius 1 is 1.28 bits per heavy atom. The topological polar surface area (TPSA) is 108 Å². The minimum Gasteiger partial charge on any atom is -0.497 e. The highest BCUT2D eigenvalue weighted by atomic mass is 16.5. The van der Waals surface area contributed by atoms with Crippen molar-refractivity contribution in [3.63, 3.8) is 0 Å². The second kappa shape index (κ2) is 8.46. The van der Waals surface area contributed by atoms with Crippen molar-refractivity contribution in [2.45, 2.75) is 18.9 Å². The normalized spacial score (nSPS) is 19.0. The Labute approximate surface area is 169 Å². The maximum absolute atomic E-state index is 12.5. The Morgan fingerprint density at radius 3 is 2.66 bits per heavy atom. The molecule has 0 fully saturated rings. The number of amides is 2. The second-order valence-electron chi connectivity index (χ2n) is 6.89. The number of rotatable bonds is 7. The number of fused-ring (bicyclic) bond motifs is 1. The van der Waals surface area contributed by atoms with Crippen LogP contribution in [0.4, 0.5) is 11.4 Å². The highest BCUT2D eigenvalue weighted by molar-refractivity contribution is 6.07. The maximum Gasteiger partial charge on any atom is 0.261 e. The van der Waals surface area contributed by atoms with Gasteiger partial charge in [-0.15, -0.1) is 0 Å². The van der Waals surface area contributed by atoms with E-state index in [1.165, 1.54) is 0 Å². The SMILES string of the molecule is COc1ccc(C(=O)Nc2ccc3c(c2)[C@@](O)([C@H](C)/C=C/CCO)C(=O)N3)cc1. The van der Waals surface area contributed by atoms with Crippen LogP contribution < -0.4 is 15.4 Å². The van der Waals surface area contributed by atoms with Crippen molar-refractivity contribution in [3.05, 3.63) is 65.7 Å². The van der Waals surface area contributed by atoms with Gasteiger partial charge in [-0.1, -0.05) is 19.1 Å². The van der Waals surface area contributed by atoms with Gasteiger partial charge in [0.1, 0.15) is 5.75 Å². The van der Waals surface area contributed by atoms with E-state index in [2.05, 4.69) is 10.6 Å². The number of anilines is 2. The molecule has 0 radical (unpaired) electrons. The van der Waals surface area contributed by atoms with Gasteiger partial charge in [0.05, 0.1) is 7.11 Å². The summed E-state index contributed by atoms with van der Waals surface area (Å²) in [5.41, 5.74) is 0.0583. The molecule has 1 aliphatic rings. The van der Waals surface area contributed by atoms with Crippen LogP contribution >= 0.6 is 0 Å². The van der Waals surface area contributed by atoms with E-state index >= 15 is 0 Å². The van der Waals surface area contributed by atoms with Crippen molar-refractivity contribution >= 4 is 23.2 Å². The smallest absolute Gasteiger partial charge is 0.261 e. The van der Waals surface area contributed by atoms with Gasteiger partial charge >= 0.3 is 0 Å². The molecule has 0 aliphatic carbocycles. The molecule has 0 spiro atoms. The summed E-state index contributed by atoms with van der Waals surface area (Å²) in [5, 5.41) is 25.6. The summed E-state index contributed by atoms with van der Waals surface area (Å²) in [7, 11) is 1.55. The number of carbonyl (C=O) groups excluding carboxylic acids is 2. The Bertz CT molecular complexity index is 939. The molecule has 7 heteroatoms. The summed E-state index contributed by atoms with van der Waals surface area (Å²) in [6, 6.07) is 11.6. The van der Waals surface area contributed by atoms with Crippen LogP contribution in [-0.2, 0) is 10.4 Å². The number of hydrogen-bond donors (Lipinski definition) is 4. The largest absolute Gasteiger partial charge is 0.497 e. The standard InChI is InChI=1S/C22H24N2O5/c1-14(5-3-4-12-25)22(28)18-13-16(8-11-19(18)24-21(22)27)23-20(26)15-6-9-17(29-2)10-7-15/h3,5-11,13-14,25,28H,4,12H2,1-2H3,(H,23,26)(H,24,27)/b5-3+/t14-,22+/m1/s1. The Hall–Kier alpha value is -3.16. The fourth-order valence-corrected chi connectivity index (χ4v) is 3.30. The zero-order valence-corrected chi connectivity index (χ0v) is 16.3. The lowest BCUT2D eigenvalue weighted by atomic mass is 9.82. The third kappa shape index (κ3) is 4.01. The lowest BCUT2D eigenvalue weighted by Gasteiger charge is -2.26. The zero-order chi connectivity index (χ0) is 21.0. The summed E-state index contributed by atoms with van der Waals surface area (Å²) in [6.07, 6.45) is 3.86. The van der Waals surface area contributed by atoms with Gasteiger partial charge < -0.3 is 25.6 Å². The van der Waals surface area contributed by atoms with Crippen molar-refractivity contribution < 1.29 is 24.5 Å². The molecular formula is C22H24N2O5. The molecule has 152 valence electrons. The number of aliphatic hydroxyl groups is 2. The van der Waals surface area contributed by atoms with E-state index in [4.69, 9.17) is 9.84 Å². The molecule has 29 heavy (non-hydrogen) atoms. The molecule has 2 aromatic carbocycles. The first kappa shape index (κ1) is 20.6. The van der Waals surface area contributed by atoms with Crippen LogP contribution in [0.2, 0.25) is 0 Å². The third-order valence-corrected chi connectivity index (χ3v) is 5.01. The number of ether oxygens (including phenoxy) is 1. The molecular weight excluding hydrogens is 372 g/mol. The van der Waals surface area contributed by atoms with Gasteiger partial charge in [0.15, 0.2) is 5.60 Å². The minimum absolute atomic E-state index is 0.00796. The van der Waals surface area contributed by atoms with Crippen LogP contribution in [-0.4, -0.2) is 35.7 Å². The molecule has 0 aromatic heterocycles. The van der Waals surface area contributed by atoms with E-state index in [0.717, 1.165) is 0 Å². The molecule has 7 nitrogen and oxygen atoms in total. The number of carbonyl (C=O) groups is 2. The highest BCUT2D eigenvalue weighted by Gasteiger charge is 2.48. The highest BCUT2D eigenvalue weighted by Crippen LogP contribution is 2.42. The van der Waals surface area contributed by atoms with Crippen LogP contribution in [0.5, 0.6) is 5.75 Å². The van der Waals surface area contributed by atoms with Crippen molar-refractivity contribution in [3.8, 4) is 5.75 Å². The van der Waals surface area contributed by atoms with Crippen LogP contribution in [0.15, 0.2) is 54.6 Å². The lowest BCUT2D eigenvalue weighted by Crippen LogP contribution is -2.39. The maximum atomic E-state index is 12.5. The molecule has 0 saturated carbocycles. The molecule has 2 amide bonds. The fourth-order valence-electron chi connectivity index (χ4n) is 3.30. The number of nitrogens with one attached hydrogen (secondary N) is 2. The predicted octanol–water partition coefficient (Wildman–Crippen LogP) is 2.66. The molecule has 1 heterocycles. The van der Waals surface area contributed by atoms with Gasteiger partial charge in [-0.2, -0.15) is 0 Å². The van der Waals surface area contributed by atoms with Gasteiger partial charge in [0, 0.05) is 35.0 Å². The van der Waals surface area contributed by atoms with Crippen LogP contribution in [0.1, 0.15) is 29.3 Å². The molecule has 0 unspecified atom stereocenters. The van der Waals surface area contributed by atoms with Crippen LogP contribution in [0.25, 0.3) is 0 Å². The zero-order valence-electron chi connectivity index (χ0n) is 16.3. The number of aliphatic hydroxyl groups excluding tert-OH is 1. The fraction of sp³-hybridized carbons (Fsp3) is 0.273. The van der Waals surface area contributed by atoms with E-state index in [-0.39, 0.29) is 12.5 Å². The summed E-state index contributed by atoms with van der Waals surface area (Å²) in [5.74, 6) is -0.712. The lowest BCUT2D eigenvalue weighted by molar-refractivity contribution is -0.137. The quantitative estimate of drug-likeness (QED) is 0.538. The van der Waals surface area contributed by atoms with Crippen LogP contribution in [0.3, 0.4) is 0 Å². The average Bonchev–Trinajstić information content (AvgIpc) is 2.99. The van der Waals surface area contributed by atoms with Gasteiger partial charge in [-0.05, 0) is 48.9 Å². The van der Waals surface area contributed by atoms with Crippen molar-refractivity contribution in [1.29, 1.82) is 0 Å². The first-order valence-corrected chi connectivity index (χ1v) is 9.31.